The minimum Gasteiger partial charge on any atom is -0.497 e. The Morgan fingerprint density at radius 2 is 1.69 bits per heavy atom. The number of hydrogen-bond acceptors (Lipinski definition) is 6. The first-order valence-electron chi connectivity index (χ1n) is 11.0. The molecule has 0 saturated carbocycles. The Hall–Kier alpha value is -4.17. The first-order valence-corrected chi connectivity index (χ1v) is 12.0. The number of amides is 1. The van der Waals surface area contributed by atoms with E-state index in [2.05, 4.69) is 20.7 Å². The van der Waals surface area contributed by atoms with Gasteiger partial charge in [-0.2, -0.15) is 5.10 Å². The molecule has 0 aliphatic carbocycles. The summed E-state index contributed by atoms with van der Waals surface area (Å²) < 4.78 is 7.20. The van der Waals surface area contributed by atoms with Gasteiger partial charge in [0.05, 0.1) is 19.1 Å². The van der Waals surface area contributed by atoms with Gasteiger partial charge in [0.1, 0.15) is 5.75 Å². The third-order valence-electron chi connectivity index (χ3n) is 4.98. The van der Waals surface area contributed by atoms with Crippen molar-refractivity contribution in [2.45, 2.75) is 12.1 Å². The van der Waals surface area contributed by atoms with Crippen molar-refractivity contribution in [3.8, 4) is 22.8 Å². The second kappa shape index (κ2) is 11.8. The van der Waals surface area contributed by atoms with Crippen molar-refractivity contribution in [3.05, 3.63) is 96.1 Å². The van der Waals surface area contributed by atoms with Crippen LogP contribution in [-0.4, -0.2) is 39.7 Å². The fraction of sp³-hybridized carbons (Fsp3) is 0.111. The average molecular weight is 484 g/mol. The number of carbonyl (C=O) groups excluding carboxylic acids is 1. The number of nitrogens with one attached hydrogen (secondary N) is 1. The van der Waals surface area contributed by atoms with Gasteiger partial charge in [-0.25, -0.2) is 5.43 Å². The van der Waals surface area contributed by atoms with Crippen LogP contribution >= 0.6 is 11.8 Å². The molecule has 1 aromatic heterocycles. The van der Waals surface area contributed by atoms with E-state index in [1.165, 1.54) is 11.8 Å². The molecule has 0 saturated heterocycles. The molecule has 0 aliphatic rings. The number of carbonyl (C=O) groups is 1. The molecule has 0 bridgehead atoms. The molecule has 3 aromatic carbocycles. The lowest BCUT2D eigenvalue weighted by Crippen LogP contribution is -2.20. The summed E-state index contributed by atoms with van der Waals surface area (Å²) in [7, 11) is 1.63. The Labute approximate surface area is 208 Å². The fourth-order valence-corrected chi connectivity index (χ4v) is 4.06. The van der Waals surface area contributed by atoms with Crippen LogP contribution < -0.4 is 10.2 Å². The van der Waals surface area contributed by atoms with Gasteiger partial charge < -0.3 is 4.74 Å². The monoisotopic (exact) mass is 483 g/mol. The summed E-state index contributed by atoms with van der Waals surface area (Å²) in [6.45, 7) is 1.93. The summed E-state index contributed by atoms with van der Waals surface area (Å²) in [6, 6.07) is 27.4. The lowest BCUT2D eigenvalue weighted by atomic mass is 10.1. The Morgan fingerprint density at radius 1 is 1.00 bits per heavy atom. The smallest absolute Gasteiger partial charge is 0.250 e. The maximum atomic E-state index is 12.4. The van der Waals surface area contributed by atoms with Crippen molar-refractivity contribution in [3.63, 3.8) is 0 Å². The lowest BCUT2D eigenvalue weighted by molar-refractivity contribution is -0.118. The third kappa shape index (κ3) is 6.45. The molecule has 8 heteroatoms. The van der Waals surface area contributed by atoms with Crippen molar-refractivity contribution in [2.24, 2.45) is 5.10 Å². The second-order valence-corrected chi connectivity index (χ2v) is 8.53. The largest absolute Gasteiger partial charge is 0.497 e. The first kappa shape index (κ1) is 24.0. The van der Waals surface area contributed by atoms with Crippen LogP contribution in [0.4, 0.5) is 0 Å². The topological polar surface area (TPSA) is 81.4 Å². The van der Waals surface area contributed by atoms with E-state index in [4.69, 9.17) is 4.74 Å². The van der Waals surface area contributed by atoms with E-state index in [9.17, 15) is 4.79 Å². The summed E-state index contributed by atoms with van der Waals surface area (Å²) in [4.78, 5) is 12.4. The zero-order valence-corrected chi connectivity index (χ0v) is 20.3. The SMILES string of the molecule is COc1ccc(-c2nnc(SCC(=O)N/N=C/C(C)=C/c3ccccc3)n2-c2ccccc2)cc1. The average Bonchev–Trinajstić information content (AvgIpc) is 3.32. The molecule has 0 spiro atoms. The first-order chi connectivity index (χ1) is 17.1. The van der Waals surface area contributed by atoms with Crippen LogP contribution in [0.3, 0.4) is 0 Å². The zero-order chi connectivity index (χ0) is 24.5. The van der Waals surface area contributed by atoms with Gasteiger partial charge in [0, 0.05) is 11.3 Å². The van der Waals surface area contributed by atoms with Crippen molar-refractivity contribution < 1.29 is 9.53 Å². The molecular weight excluding hydrogens is 458 g/mol. The number of rotatable bonds is 9. The number of hydrazone groups is 1. The molecule has 1 heterocycles. The number of nitrogens with zero attached hydrogens (tertiary/aromatic N) is 4. The highest BCUT2D eigenvalue weighted by Crippen LogP contribution is 2.28. The van der Waals surface area contributed by atoms with Crippen molar-refractivity contribution in [1.29, 1.82) is 0 Å². The van der Waals surface area contributed by atoms with Crippen LogP contribution in [0.25, 0.3) is 23.2 Å². The van der Waals surface area contributed by atoms with Gasteiger partial charge in [-0.1, -0.05) is 66.4 Å². The highest BCUT2D eigenvalue weighted by molar-refractivity contribution is 7.99. The number of benzene rings is 3. The van der Waals surface area contributed by atoms with Crippen LogP contribution in [0.5, 0.6) is 5.75 Å². The molecule has 1 N–H and O–H groups in total. The van der Waals surface area contributed by atoms with E-state index in [1.54, 1.807) is 13.3 Å². The molecule has 0 radical (unpaired) electrons. The number of ether oxygens (including phenoxy) is 1. The molecule has 0 atom stereocenters. The van der Waals surface area contributed by atoms with Gasteiger partial charge in [0.15, 0.2) is 11.0 Å². The summed E-state index contributed by atoms with van der Waals surface area (Å²) in [6.07, 6.45) is 3.62. The number of aromatic nitrogens is 3. The lowest BCUT2D eigenvalue weighted by Gasteiger charge is -2.10. The predicted octanol–water partition coefficient (Wildman–Crippen LogP) is 5.24. The van der Waals surface area contributed by atoms with Crippen LogP contribution in [0.15, 0.2) is 101 Å². The molecule has 0 fully saturated rings. The fourth-order valence-electron chi connectivity index (χ4n) is 3.32. The molecule has 35 heavy (non-hydrogen) atoms. The Morgan fingerprint density at radius 3 is 2.37 bits per heavy atom. The summed E-state index contributed by atoms with van der Waals surface area (Å²) >= 11 is 1.30. The molecule has 0 aliphatic heterocycles. The Balaban J connectivity index is 1.45. The Kier molecular flexibility index (Phi) is 8.08. The van der Waals surface area contributed by atoms with Crippen molar-refractivity contribution >= 4 is 30.0 Å². The van der Waals surface area contributed by atoms with Crippen LogP contribution in [-0.2, 0) is 4.79 Å². The minimum absolute atomic E-state index is 0.145. The van der Waals surface area contributed by atoms with Gasteiger partial charge in [0.25, 0.3) is 5.91 Å². The second-order valence-electron chi connectivity index (χ2n) is 7.59. The van der Waals surface area contributed by atoms with Gasteiger partial charge in [-0.05, 0) is 54.5 Å². The quantitative estimate of drug-likeness (QED) is 0.200. The van der Waals surface area contributed by atoms with E-state index < -0.39 is 0 Å². The molecule has 4 rings (SSSR count). The Bertz CT molecular complexity index is 1320. The van der Waals surface area contributed by atoms with E-state index in [-0.39, 0.29) is 11.7 Å². The maximum absolute atomic E-state index is 12.4. The summed E-state index contributed by atoms with van der Waals surface area (Å²) in [5, 5.41) is 13.4. The molecule has 7 nitrogen and oxygen atoms in total. The number of allylic oxidation sites excluding steroid dienone is 1. The zero-order valence-electron chi connectivity index (χ0n) is 19.5. The number of hydrogen-bond donors (Lipinski definition) is 1. The van der Waals surface area contributed by atoms with E-state index in [0.717, 1.165) is 28.1 Å². The minimum atomic E-state index is -0.229. The van der Waals surface area contributed by atoms with E-state index in [0.29, 0.717) is 11.0 Å². The standard InChI is InChI=1S/C27H25N5O2S/c1-20(17-21-9-5-3-6-10-21)18-28-29-25(33)19-35-27-31-30-26(22-13-15-24(34-2)16-14-22)32(27)23-11-7-4-8-12-23/h3-18H,19H2,1-2H3,(H,29,33)/b20-17+,28-18+. The number of methoxy groups -OCH3 is 1. The predicted molar refractivity (Wildman–Crippen MR) is 141 cm³/mol. The van der Waals surface area contributed by atoms with E-state index >= 15 is 0 Å². The van der Waals surface area contributed by atoms with Gasteiger partial charge in [0.2, 0.25) is 0 Å². The van der Waals surface area contributed by atoms with Crippen LogP contribution in [0.2, 0.25) is 0 Å². The molecule has 4 aromatic rings. The van der Waals surface area contributed by atoms with Crippen molar-refractivity contribution in [1.82, 2.24) is 20.2 Å². The van der Waals surface area contributed by atoms with Crippen LogP contribution in [0.1, 0.15) is 12.5 Å². The number of para-hydroxylation sites is 1. The third-order valence-corrected chi connectivity index (χ3v) is 5.91. The normalized spacial score (nSPS) is 11.5. The number of thioether (sulfide) groups is 1. The highest BCUT2D eigenvalue weighted by Gasteiger charge is 2.17. The van der Waals surface area contributed by atoms with Crippen LogP contribution in [0, 0.1) is 0 Å². The highest BCUT2D eigenvalue weighted by atomic mass is 32.2. The summed E-state index contributed by atoms with van der Waals surface area (Å²) in [5.74, 6) is 1.36. The maximum Gasteiger partial charge on any atom is 0.250 e. The van der Waals surface area contributed by atoms with Gasteiger partial charge in [-0.15, -0.1) is 10.2 Å². The molecule has 1 amide bonds. The molecule has 0 unspecified atom stereocenters. The summed E-state index contributed by atoms with van der Waals surface area (Å²) in [5.41, 5.74) is 6.38. The molecule has 176 valence electrons. The van der Waals surface area contributed by atoms with Gasteiger partial charge >= 0.3 is 0 Å². The van der Waals surface area contributed by atoms with Crippen molar-refractivity contribution in [2.75, 3.05) is 12.9 Å². The van der Waals surface area contributed by atoms with Gasteiger partial charge in [-0.3, -0.25) is 9.36 Å². The van der Waals surface area contributed by atoms with E-state index in [1.807, 2.05) is 102 Å². The molecular formula is C27H25N5O2S.